The van der Waals surface area contributed by atoms with Gasteiger partial charge in [0.05, 0.1) is 12.3 Å². The normalized spacial score (nSPS) is 16.7. The van der Waals surface area contributed by atoms with Crippen LogP contribution in [0.15, 0.2) is 18.5 Å². The zero-order valence-corrected chi connectivity index (χ0v) is 12.0. The number of aliphatic hydroxyl groups excluding tert-OH is 1. The van der Waals surface area contributed by atoms with Gasteiger partial charge < -0.3 is 10.0 Å². The van der Waals surface area contributed by atoms with Gasteiger partial charge in [-0.2, -0.15) is 5.10 Å². The molecular formula is C15H22N4O. The molecule has 20 heavy (non-hydrogen) atoms. The zero-order chi connectivity index (χ0) is 13.9. The number of aryl methyl sites for hydroxylation is 1. The summed E-state index contributed by atoms with van der Waals surface area (Å²) in [5, 5.41) is 13.9. The molecule has 0 bridgehead atoms. The van der Waals surface area contributed by atoms with Gasteiger partial charge in [0, 0.05) is 25.0 Å². The Kier molecular flexibility index (Phi) is 3.87. The number of hydrogen-bond acceptors (Lipinski definition) is 4. The lowest BCUT2D eigenvalue weighted by Gasteiger charge is -2.35. The Bertz CT molecular complexity index is 574. The number of fused-ring (bicyclic) bond motifs is 1. The maximum absolute atomic E-state index is 9.41. The lowest BCUT2D eigenvalue weighted by molar-refractivity contribution is 0.289. The minimum atomic E-state index is 0.159. The first-order chi connectivity index (χ1) is 9.79. The first-order valence-electron chi connectivity index (χ1n) is 7.48. The van der Waals surface area contributed by atoms with Crippen molar-refractivity contribution in [2.45, 2.75) is 45.1 Å². The minimum absolute atomic E-state index is 0.159. The molecule has 2 heterocycles. The Labute approximate surface area is 119 Å². The van der Waals surface area contributed by atoms with E-state index in [9.17, 15) is 5.11 Å². The van der Waals surface area contributed by atoms with Gasteiger partial charge in [-0.25, -0.2) is 9.50 Å². The van der Waals surface area contributed by atoms with Crippen LogP contribution in [0, 0.1) is 6.92 Å². The maximum Gasteiger partial charge on any atom is 0.155 e. The van der Waals surface area contributed by atoms with Gasteiger partial charge in [-0.15, -0.1) is 0 Å². The van der Waals surface area contributed by atoms with E-state index in [2.05, 4.69) is 21.0 Å². The van der Waals surface area contributed by atoms with Crippen LogP contribution in [0.2, 0.25) is 0 Å². The summed E-state index contributed by atoms with van der Waals surface area (Å²) in [6, 6.07) is 2.56. The molecule has 1 N–H and O–H groups in total. The monoisotopic (exact) mass is 274 g/mol. The van der Waals surface area contributed by atoms with Gasteiger partial charge in [-0.3, -0.25) is 0 Å². The molecule has 0 spiro atoms. The fraction of sp³-hybridized carbons (Fsp3) is 0.600. The predicted molar refractivity (Wildman–Crippen MR) is 79.0 cm³/mol. The highest BCUT2D eigenvalue weighted by Gasteiger charge is 2.23. The van der Waals surface area contributed by atoms with Crippen LogP contribution >= 0.6 is 0 Å². The van der Waals surface area contributed by atoms with Crippen molar-refractivity contribution in [2.24, 2.45) is 0 Å². The van der Waals surface area contributed by atoms with Crippen molar-refractivity contribution < 1.29 is 5.11 Å². The third-order valence-corrected chi connectivity index (χ3v) is 4.12. The fourth-order valence-electron chi connectivity index (χ4n) is 3.21. The summed E-state index contributed by atoms with van der Waals surface area (Å²) in [6.45, 7) is 2.79. The van der Waals surface area contributed by atoms with Crippen LogP contribution in [-0.4, -0.2) is 38.9 Å². The first kappa shape index (κ1) is 13.4. The maximum atomic E-state index is 9.41. The van der Waals surface area contributed by atoms with Crippen LogP contribution in [-0.2, 0) is 0 Å². The lowest BCUT2D eigenvalue weighted by atomic mass is 9.94. The standard InChI is InChI=1S/C15H22N4O/c1-12-11-14-15(16-7-8-19(14)17-12)18(9-10-20)13-5-3-2-4-6-13/h7-8,11,13,20H,2-6,9-10H2,1H3. The van der Waals surface area contributed by atoms with Gasteiger partial charge in [0.2, 0.25) is 0 Å². The first-order valence-corrected chi connectivity index (χ1v) is 7.48. The second kappa shape index (κ2) is 5.79. The molecule has 2 aromatic heterocycles. The van der Waals surface area contributed by atoms with Crippen molar-refractivity contribution in [2.75, 3.05) is 18.1 Å². The largest absolute Gasteiger partial charge is 0.395 e. The number of rotatable bonds is 4. The quantitative estimate of drug-likeness (QED) is 0.928. The van der Waals surface area contributed by atoms with E-state index in [1.54, 1.807) is 6.20 Å². The van der Waals surface area contributed by atoms with Crippen molar-refractivity contribution in [3.8, 4) is 0 Å². The SMILES string of the molecule is Cc1cc2c(N(CCO)C3CCCCC3)nccn2n1. The van der Waals surface area contributed by atoms with Crippen molar-refractivity contribution in [1.29, 1.82) is 0 Å². The highest BCUT2D eigenvalue weighted by Crippen LogP contribution is 2.28. The van der Waals surface area contributed by atoms with Crippen LogP contribution in [0.25, 0.3) is 5.52 Å². The van der Waals surface area contributed by atoms with E-state index < -0.39 is 0 Å². The Morgan fingerprint density at radius 3 is 2.90 bits per heavy atom. The number of hydrogen-bond donors (Lipinski definition) is 1. The molecule has 1 aliphatic rings. The van der Waals surface area contributed by atoms with Crippen molar-refractivity contribution in [1.82, 2.24) is 14.6 Å². The highest BCUT2D eigenvalue weighted by atomic mass is 16.3. The number of anilines is 1. The Morgan fingerprint density at radius 2 is 2.15 bits per heavy atom. The molecule has 0 unspecified atom stereocenters. The van der Waals surface area contributed by atoms with E-state index in [0.717, 1.165) is 17.0 Å². The smallest absolute Gasteiger partial charge is 0.155 e. The minimum Gasteiger partial charge on any atom is -0.395 e. The number of aliphatic hydroxyl groups is 1. The van der Waals surface area contributed by atoms with Gasteiger partial charge >= 0.3 is 0 Å². The van der Waals surface area contributed by atoms with Crippen LogP contribution in [0.3, 0.4) is 0 Å². The van der Waals surface area contributed by atoms with Gasteiger partial charge in [0.25, 0.3) is 0 Å². The van der Waals surface area contributed by atoms with Crippen molar-refractivity contribution in [3.63, 3.8) is 0 Å². The zero-order valence-electron chi connectivity index (χ0n) is 12.0. The predicted octanol–water partition coefficient (Wildman–Crippen LogP) is 2.17. The van der Waals surface area contributed by atoms with Gasteiger partial charge in [-0.1, -0.05) is 19.3 Å². The molecule has 1 saturated carbocycles. The molecule has 0 amide bonds. The van der Waals surface area contributed by atoms with Crippen molar-refractivity contribution in [3.05, 3.63) is 24.2 Å². The molecule has 3 rings (SSSR count). The van der Waals surface area contributed by atoms with Gasteiger partial charge in [-0.05, 0) is 25.8 Å². The third-order valence-electron chi connectivity index (χ3n) is 4.12. The van der Waals surface area contributed by atoms with E-state index in [-0.39, 0.29) is 6.61 Å². The van der Waals surface area contributed by atoms with E-state index in [4.69, 9.17) is 0 Å². The van der Waals surface area contributed by atoms with Crippen LogP contribution in [0.5, 0.6) is 0 Å². The second-order valence-electron chi connectivity index (χ2n) is 5.58. The molecular weight excluding hydrogens is 252 g/mol. The fourth-order valence-corrected chi connectivity index (χ4v) is 3.21. The van der Waals surface area contributed by atoms with E-state index in [0.29, 0.717) is 12.6 Å². The Hall–Kier alpha value is -1.62. The highest BCUT2D eigenvalue weighted by molar-refractivity contribution is 5.69. The molecule has 1 aliphatic carbocycles. The summed E-state index contributed by atoms with van der Waals surface area (Å²) in [7, 11) is 0. The van der Waals surface area contributed by atoms with E-state index in [1.165, 1.54) is 32.1 Å². The van der Waals surface area contributed by atoms with Crippen LogP contribution < -0.4 is 4.90 Å². The van der Waals surface area contributed by atoms with Gasteiger partial charge in [0.1, 0.15) is 5.52 Å². The Balaban J connectivity index is 1.99. The molecule has 0 radical (unpaired) electrons. The summed E-state index contributed by atoms with van der Waals surface area (Å²) in [6.07, 6.45) is 9.92. The third kappa shape index (κ3) is 2.50. The second-order valence-corrected chi connectivity index (χ2v) is 5.58. The summed E-state index contributed by atoms with van der Waals surface area (Å²) in [5.74, 6) is 0.953. The van der Waals surface area contributed by atoms with Crippen LogP contribution in [0.4, 0.5) is 5.82 Å². The topological polar surface area (TPSA) is 53.7 Å². The molecule has 2 aromatic rings. The molecule has 1 fully saturated rings. The average Bonchev–Trinajstić information content (AvgIpc) is 2.86. The van der Waals surface area contributed by atoms with E-state index in [1.807, 2.05) is 17.6 Å². The number of nitrogens with zero attached hydrogens (tertiary/aromatic N) is 4. The average molecular weight is 274 g/mol. The Morgan fingerprint density at radius 1 is 1.35 bits per heavy atom. The molecule has 0 atom stereocenters. The molecule has 0 saturated heterocycles. The summed E-state index contributed by atoms with van der Waals surface area (Å²) >= 11 is 0. The summed E-state index contributed by atoms with van der Waals surface area (Å²) in [5.41, 5.74) is 2.02. The molecule has 0 aromatic carbocycles. The van der Waals surface area contributed by atoms with Crippen LogP contribution in [0.1, 0.15) is 37.8 Å². The van der Waals surface area contributed by atoms with Gasteiger partial charge in [0.15, 0.2) is 5.82 Å². The van der Waals surface area contributed by atoms with E-state index >= 15 is 0 Å². The summed E-state index contributed by atoms with van der Waals surface area (Å²) < 4.78 is 1.88. The molecule has 0 aliphatic heterocycles. The molecule has 108 valence electrons. The molecule has 5 heteroatoms. The summed E-state index contributed by atoms with van der Waals surface area (Å²) in [4.78, 5) is 6.84. The van der Waals surface area contributed by atoms with Crippen molar-refractivity contribution >= 4 is 11.3 Å². The molecule has 5 nitrogen and oxygen atoms in total. The lowest BCUT2D eigenvalue weighted by Crippen LogP contribution is -2.39. The number of aromatic nitrogens is 3.